The van der Waals surface area contributed by atoms with Crippen molar-refractivity contribution in [3.8, 4) is 0 Å². The molecule has 1 amide bonds. The van der Waals surface area contributed by atoms with Crippen LogP contribution in [0.2, 0.25) is 0 Å². The summed E-state index contributed by atoms with van der Waals surface area (Å²) in [6, 6.07) is 0.331. The van der Waals surface area contributed by atoms with Crippen LogP contribution in [0.5, 0.6) is 0 Å². The number of nitrogens with zero attached hydrogens (tertiary/aromatic N) is 1. The molecule has 2 heteroatoms. The predicted octanol–water partition coefficient (Wildman–Crippen LogP) is 2.29. The number of carbonyl (C=O) groups excluding carboxylic acids is 1. The van der Waals surface area contributed by atoms with Crippen LogP contribution in [-0.2, 0) is 4.79 Å². The lowest BCUT2D eigenvalue weighted by molar-refractivity contribution is -0.176. The summed E-state index contributed by atoms with van der Waals surface area (Å²) in [5.74, 6) is 1.00. The van der Waals surface area contributed by atoms with Gasteiger partial charge >= 0.3 is 0 Å². The van der Waals surface area contributed by atoms with E-state index < -0.39 is 0 Å². The first-order valence-corrected chi connectivity index (χ1v) is 5.13. The largest absolute Gasteiger partial charge is 0.334 e. The van der Waals surface area contributed by atoms with E-state index in [2.05, 4.69) is 41.5 Å². The highest BCUT2D eigenvalue weighted by molar-refractivity contribution is 5.88. The zero-order chi connectivity index (χ0) is 10.4. The zero-order valence-corrected chi connectivity index (χ0v) is 9.59. The van der Waals surface area contributed by atoms with E-state index in [0.717, 1.165) is 0 Å². The molecule has 1 heterocycles. The third-order valence-corrected chi connectivity index (χ3v) is 3.07. The second-order valence-electron chi connectivity index (χ2n) is 5.18. The van der Waals surface area contributed by atoms with Gasteiger partial charge in [-0.15, -0.1) is 0 Å². The van der Waals surface area contributed by atoms with Crippen molar-refractivity contribution < 1.29 is 4.79 Å². The van der Waals surface area contributed by atoms with Gasteiger partial charge in [-0.1, -0.05) is 13.8 Å². The van der Waals surface area contributed by atoms with E-state index in [1.165, 1.54) is 0 Å². The maximum Gasteiger partial charge on any atom is 0.228 e. The number of amides is 1. The molecule has 13 heavy (non-hydrogen) atoms. The summed E-state index contributed by atoms with van der Waals surface area (Å²) in [5, 5.41) is 0. The summed E-state index contributed by atoms with van der Waals surface area (Å²) in [6.07, 6.45) is 0. The maximum absolute atomic E-state index is 11.8. The second kappa shape index (κ2) is 3.00. The summed E-state index contributed by atoms with van der Waals surface area (Å²) in [7, 11) is 0. The summed E-state index contributed by atoms with van der Waals surface area (Å²) >= 11 is 0. The third kappa shape index (κ3) is 1.36. The van der Waals surface area contributed by atoms with Crippen LogP contribution in [0.3, 0.4) is 0 Å². The molecule has 1 fully saturated rings. The van der Waals surface area contributed by atoms with Crippen molar-refractivity contribution in [3.63, 3.8) is 0 Å². The van der Waals surface area contributed by atoms with E-state index >= 15 is 0 Å². The molecule has 0 bridgehead atoms. The fourth-order valence-corrected chi connectivity index (χ4v) is 2.84. The number of rotatable bonds is 2. The summed E-state index contributed by atoms with van der Waals surface area (Å²) in [4.78, 5) is 13.8. The number of hydrogen-bond acceptors (Lipinski definition) is 1. The Morgan fingerprint density at radius 1 is 1.23 bits per heavy atom. The molecule has 1 unspecified atom stereocenters. The predicted molar refractivity (Wildman–Crippen MR) is 54.4 cm³/mol. The van der Waals surface area contributed by atoms with Crippen LogP contribution in [-0.4, -0.2) is 22.4 Å². The average Bonchev–Trinajstić information content (AvgIpc) is 1.81. The topological polar surface area (TPSA) is 20.3 Å². The quantitative estimate of drug-likeness (QED) is 0.601. The molecule has 0 aromatic heterocycles. The molecule has 1 aliphatic rings. The van der Waals surface area contributed by atoms with Crippen molar-refractivity contribution in [3.05, 3.63) is 0 Å². The Morgan fingerprint density at radius 2 is 1.69 bits per heavy atom. The van der Waals surface area contributed by atoms with Gasteiger partial charge in [-0.2, -0.15) is 0 Å². The van der Waals surface area contributed by atoms with Crippen LogP contribution in [0.25, 0.3) is 0 Å². The van der Waals surface area contributed by atoms with Gasteiger partial charge in [-0.25, -0.2) is 0 Å². The summed E-state index contributed by atoms with van der Waals surface area (Å²) in [5.41, 5.74) is 0.0550. The Hall–Kier alpha value is -0.530. The lowest BCUT2D eigenvalue weighted by Crippen LogP contribution is -2.71. The van der Waals surface area contributed by atoms with Gasteiger partial charge < -0.3 is 4.90 Å². The Labute approximate surface area is 81.3 Å². The van der Waals surface area contributed by atoms with Crippen LogP contribution in [0.4, 0.5) is 0 Å². The van der Waals surface area contributed by atoms with Crippen molar-refractivity contribution in [2.24, 2.45) is 11.8 Å². The molecule has 0 radical (unpaired) electrons. The lowest BCUT2D eigenvalue weighted by atomic mass is 9.69. The zero-order valence-electron chi connectivity index (χ0n) is 9.59. The van der Waals surface area contributed by atoms with E-state index in [1.807, 2.05) is 4.90 Å². The monoisotopic (exact) mass is 183 g/mol. The normalized spacial score (nSPS) is 26.9. The minimum absolute atomic E-state index is 0.0550. The van der Waals surface area contributed by atoms with E-state index in [1.54, 1.807) is 0 Å². The number of hydrogen-bond donors (Lipinski definition) is 0. The van der Waals surface area contributed by atoms with E-state index in [-0.39, 0.29) is 11.5 Å². The number of β-lactam (4-membered cyclic amide) rings is 1. The van der Waals surface area contributed by atoms with Crippen LogP contribution >= 0.6 is 0 Å². The van der Waals surface area contributed by atoms with Gasteiger partial charge in [0.15, 0.2) is 0 Å². The number of carbonyl (C=O) groups is 1. The van der Waals surface area contributed by atoms with Crippen molar-refractivity contribution in [2.45, 2.75) is 53.1 Å². The second-order valence-corrected chi connectivity index (χ2v) is 5.18. The molecule has 1 atom stereocenters. The van der Waals surface area contributed by atoms with E-state index in [9.17, 15) is 4.79 Å². The van der Waals surface area contributed by atoms with Gasteiger partial charge in [0.1, 0.15) is 0 Å². The molecule has 1 saturated heterocycles. The first-order valence-electron chi connectivity index (χ1n) is 5.13. The Kier molecular flexibility index (Phi) is 2.44. The van der Waals surface area contributed by atoms with Crippen molar-refractivity contribution >= 4 is 5.91 Å². The smallest absolute Gasteiger partial charge is 0.228 e. The van der Waals surface area contributed by atoms with Crippen molar-refractivity contribution in [2.75, 3.05) is 0 Å². The Balaban J connectivity index is 2.83. The van der Waals surface area contributed by atoms with Crippen molar-refractivity contribution in [1.82, 2.24) is 4.90 Å². The molecule has 2 nitrogen and oxygen atoms in total. The SMILES string of the molecule is CC(C)C1C(=O)N(C(C)C)C1(C)C. The molecular weight excluding hydrogens is 162 g/mol. The highest BCUT2D eigenvalue weighted by atomic mass is 16.2. The Morgan fingerprint density at radius 3 is 1.92 bits per heavy atom. The van der Waals surface area contributed by atoms with Gasteiger partial charge in [0.05, 0.1) is 5.92 Å². The van der Waals surface area contributed by atoms with Gasteiger partial charge in [0.2, 0.25) is 5.91 Å². The summed E-state index contributed by atoms with van der Waals surface area (Å²) < 4.78 is 0. The molecule has 1 rings (SSSR count). The first kappa shape index (κ1) is 10.6. The molecule has 0 spiro atoms. The fraction of sp³-hybridized carbons (Fsp3) is 0.909. The van der Waals surface area contributed by atoms with Crippen LogP contribution in [0, 0.1) is 11.8 Å². The highest BCUT2D eigenvalue weighted by Gasteiger charge is 2.55. The minimum Gasteiger partial charge on any atom is -0.334 e. The number of likely N-dealkylation sites (tertiary alicyclic amines) is 1. The molecule has 0 aromatic carbocycles. The molecule has 0 N–H and O–H groups in total. The maximum atomic E-state index is 11.8. The van der Waals surface area contributed by atoms with Gasteiger partial charge in [0.25, 0.3) is 0 Å². The highest BCUT2D eigenvalue weighted by Crippen LogP contribution is 2.42. The Bertz CT molecular complexity index is 198. The van der Waals surface area contributed by atoms with Gasteiger partial charge in [-0.05, 0) is 33.6 Å². The minimum atomic E-state index is 0.0550. The standard InChI is InChI=1S/C11H21NO/c1-7(2)9-10(13)12(8(3)4)11(9,5)6/h7-9H,1-6H3. The third-order valence-electron chi connectivity index (χ3n) is 3.07. The molecule has 76 valence electrons. The van der Waals surface area contributed by atoms with E-state index in [0.29, 0.717) is 17.9 Å². The molecule has 0 aliphatic carbocycles. The van der Waals surface area contributed by atoms with Crippen LogP contribution < -0.4 is 0 Å². The summed E-state index contributed by atoms with van der Waals surface area (Å²) in [6.45, 7) is 12.7. The van der Waals surface area contributed by atoms with Crippen LogP contribution in [0.15, 0.2) is 0 Å². The molecule has 1 aliphatic heterocycles. The first-order chi connectivity index (χ1) is 5.80. The lowest BCUT2D eigenvalue weighted by Gasteiger charge is -2.58. The van der Waals surface area contributed by atoms with E-state index in [4.69, 9.17) is 0 Å². The molecule has 0 saturated carbocycles. The van der Waals surface area contributed by atoms with Gasteiger partial charge in [-0.3, -0.25) is 4.79 Å². The average molecular weight is 183 g/mol. The van der Waals surface area contributed by atoms with Gasteiger partial charge in [0, 0.05) is 11.6 Å². The molecule has 0 aromatic rings. The molecular formula is C11H21NO. The van der Waals surface area contributed by atoms with Crippen molar-refractivity contribution in [1.29, 1.82) is 0 Å². The van der Waals surface area contributed by atoms with Crippen LogP contribution in [0.1, 0.15) is 41.5 Å². The fourth-order valence-electron chi connectivity index (χ4n) is 2.84.